The molecule has 4 N–H and O–H groups in total. The molecule has 78 valence electrons. The highest BCUT2D eigenvalue weighted by Gasteiger charge is 2.13. The first-order chi connectivity index (χ1) is 6.60. The predicted octanol–water partition coefficient (Wildman–Crippen LogP) is 0.0754. The normalized spacial score (nSPS) is 10.4. The lowest BCUT2D eigenvalue weighted by Gasteiger charge is -2.02. The van der Waals surface area contributed by atoms with E-state index in [1.807, 2.05) is 13.8 Å². The fourth-order valence-corrected chi connectivity index (χ4v) is 1.48. The molecule has 0 radical (unpaired) electrons. The zero-order chi connectivity index (χ0) is 10.7. The summed E-state index contributed by atoms with van der Waals surface area (Å²) in [5.74, 6) is -0.398. The summed E-state index contributed by atoms with van der Waals surface area (Å²) >= 11 is 0. The molecule has 0 fully saturated rings. The average Bonchev–Trinajstić information content (AvgIpc) is 2.41. The van der Waals surface area contributed by atoms with E-state index in [0.29, 0.717) is 5.69 Å². The van der Waals surface area contributed by atoms with E-state index in [1.165, 1.54) is 0 Å². The van der Waals surface area contributed by atoms with Crippen LogP contribution in [-0.4, -0.2) is 15.7 Å². The van der Waals surface area contributed by atoms with E-state index in [-0.39, 0.29) is 6.54 Å². The standard InChI is InChI=1S/C9H16N4O/c1-3-6-9(11)7(4-2)13(12-6)5-8(10)14/h3-5,11H2,1-2H3,(H2,10,14). The maximum Gasteiger partial charge on any atom is 0.239 e. The molecule has 0 aliphatic rings. The Hall–Kier alpha value is -1.52. The topological polar surface area (TPSA) is 86.9 Å². The number of anilines is 1. The Labute approximate surface area is 83.1 Å². The van der Waals surface area contributed by atoms with Crippen molar-refractivity contribution in [3.63, 3.8) is 0 Å². The minimum atomic E-state index is -0.398. The smallest absolute Gasteiger partial charge is 0.239 e. The molecule has 1 rings (SSSR count). The number of amides is 1. The number of aromatic nitrogens is 2. The van der Waals surface area contributed by atoms with Crippen molar-refractivity contribution in [3.05, 3.63) is 11.4 Å². The monoisotopic (exact) mass is 196 g/mol. The Kier molecular flexibility index (Phi) is 3.11. The summed E-state index contributed by atoms with van der Waals surface area (Å²) in [6.45, 7) is 4.06. The van der Waals surface area contributed by atoms with Gasteiger partial charge in [-0.3, -0.25) is 9.48 Å². The van der Waals surface area contributed by atoms with Gasteiger partial charge >= 0.3 is 0 Å². The Bertz CT molecular complexity index is 343. The highest BCUT2D eigenvalue weighted by molar-refractivity contribution is 5.73. The highest BCUT2D eigenvalue weighted by atomic mass is 16.1. The van der Waals surface area contributed by atoms with E-state index >= 15 is 0 Å². The Morgan fingerprint density at radius 2 is 2.07 bits per heavy atom. The van der Waals surface area contributed by atoms with Crippen LogP contribution in [0.15, 0.2) is 0 Å². The zero-order valence-electron chi connectivity index (χ0n) is 8.58. The van der Waals surface area contributed by atoms with Gasteiger partial charge in [0.2, 0.25) is 5.91 Å². The maximum absolute atomic E-state index is 10.8. The third-order valence-electron chi connectivity index (χ3n) is 2.15. The molecule has 0 saturated carbocycles. The van der Waals surface area contributed by atoms with Crippen LogP contribution < -0.4 is 11.5 Å². The molecule has 1 aromatic heterocycles. The van der Waals surface area contributed by atoms with Crippen LogP contribution >= 0.6 is 0 Å². The molecule has 0 aliphatic heterocycles. The molecule has 1 amide bonds. The maximum atomic E-state index is 10.8. The number of hydrogen-bond donors (Lipinski definition) is 2. The Morgan fingerprint density at radius 1 is 1.43 bits per heavy atom. The van der Waals surface area contributed by atoms with Gasteiger partial charge in [-0.1, -0.05) is 13.8 Å². The van der Waals surface area contributed by atoms with Crippen molar-refractivity contribution in [3.8, 4) is 0 Å². The van der Waals surface area contributed by atoms with E-state index in [9.17, 15) is 4.79 Å². The van der Waals surface area contributed by atoms with Gasteiger partial charge in [0.15, 0.2) is 0 Å². The van der Waals surface area contributed by atoms with Gasteiger partial charge in [0.25, 0.3) is 0 Å². The van der Waals surface area contributed by atoms with E-state index in [1.54, 1.807) is 4.68 Å². The molecule has 1 aromatic rings. The lowest BCUT2D eigenvalue weighted by molar-refractivity contribution is -0.118. The number of rotatable bonds is 4. The molecule has 0 atom stereocenters. The van der Waals surface area contributed by atoms with Crippen molar-refractivity contribution in [1.29, 1.82) is 0 Å². The first kappa shape index (κ1) is 10.6. The largest absolute Gasteiger partial charge is 0.396 e. The molecule has 0 bridgehead atoms. The number of nitrogens with zero attached hydrogens (tertiary/aromatic N) is 2. The molecule has 0 aliphatic carbocycles. The second kappa shape index (κ2) is 4.13. The summed E-state index contributed by atoms with van der Waals surface area (Å²) in [5, 5.41) is 4.23. The van der Waals surface area contributed by atoms with Crippen LogP contribution in [-0.2, 0) is 24.2 Å². The van der Waals surface area contributed by atoms with Crippen molar-refractivity contribution in [2.75, 3.05) is 5.73 Å². The van der Waals surface area contributed by atoms with Gasteiger partial charge in [0, 0.05) is 0 Å². The second-order valence-electron chi connectivity index (χ2n) is 3.14. The molecule has 5 nitrogen and oxygen atoms in total. The van der Waals surface area contributed by atoms with Crippen LogP contribution in [0, 0.1) is 0 Å². The minimum Gasteiger partial charge on any atom is -0.396 e. The van der Waals surface area contributed by atoms with Crippen LogP contribution in [0.1, 0.15) is 25.2 Å². The molecule has 0 aromatic carbocycles. The quantitative estimate of drug-likeness (QED) is 0.714. The molecule has 0 saturated heterocycles. The number of primary amides is 1. The van der Waals surface area contributed by atoms with Crippen LogP contribution in [0.5, 0.6) is 0 Å². The van der Waals surface area contributed by atoms with Crippen molar-refractivity contribution in [1.82, 2.24) is 9.78 Å². The van der Waals surface area contributed by atoms with Crippen LogP contribution in [0.3, 0.4) is 0 Å². The minimum absolute atomic E-state index is 0.105. The number of hydrogen-bond acceptors (Lipinski definition) is 3. The van der Waals surface area contributed by atoms with Gasteiger partial charge in [-0.05, 0) is 12.8 Å². The Balaban J connectivity index is 3.08. The highest BCUT2D eigenvalue weighted by Crippen LogP contribution is 2.17. The van der Waals surface area contributed by atoms with Gasteiger partial charge in [0.1, 0.15) is 6.54 Å². The number of nitrogens with two attached hydrogens (primary N) is 2. The molecule has 0 unspecified atom stereocenters. The molecular formula is C9H16N4O. The lowest BCUT2D eigenvalue weighted by Crippen LogP contribution is -2.21. The van der Waals surface area contributed by atoms with E-state index in [0.717, 1.165) is 24.2 Å². The SMILES string of the molecule is CCc1nn(CC(N)=O)c(CC)c1N. The summed E-state index contributed by atoms with van der Waals surface area (Å²) in [4.78, 5) is 10.8. The summed E-state index contributed by atoms with van der Waals surface area (Å²) in [5.41, 5.74) is 13.4. The fraction of sp³-hybridized carbons (Fsp3) is 0.556. The molecule has 5 heteroatoms. The summed E-state index contributed by atoms with van der Waals surface area (Å²) in [6.07, 6.45) is 1.52. The van der Waals surface area contributed by atoms with Gasteiger partial charge in [-0.2, -0.15) is 5.10 Å². The summed E-state index contributed by atoms with van der Waals surface area (Å²) in [6, 6.07) is 0. The predicted molar refractivity (Wildman–Crippen MR) is 54.6 cm³/mol. The van der Waals surface area contributed by atoms with Crippen molar-refractivity contribution in [2.24, 2.45) is 5.73 Å². The number of carbonyl (C=O) groups is 1. The molecule has 0 spiro atoms. The summed E-state index contributed by atoms with van der Waals surface area (Å²) < 4.78 is 1.59. The van der Waals surface area contributed by atoms with Crippen molar-refractivity contribution >= 4 is 11.6 Å². The van der Waals surface area contributed by atoms with E-state index in [2.05, 4.69) is 5.10 Å². The zero-order valence-corrected chi connectivity index (χ0v) is 8.58. The summed E-state index contributed by atoms with van der Waals surface area (Å²) in [7, 11) is 0. The van der Waals surface area contributed by atoms with Crippen LogP contribution in [0.25, 0.3) is 0 Å². The fourth-order valence-electron chi connectivity index (χ4n) is 1.48. The lowest BCUT2D eigenvalue weighted by atomic mass is 10.2. The van der Waals surface area contributed by atoms with Gasteiger partial charge in [-0.25, -0.2) is 0 Å². The number of nitrogen functional groups attached to an aromatic ring is 1. The average molecular weight is 196 g/mol. The third kappa shape index (κ3) is 1.86. The third-order valence-corrected chi connectivity index (χ3v) is 2.15. The first-order valence-electron chi connectivity index (χ1n) is 4.72. The first-order valence-corrected chi connectivity index (χ1v) is 4.72. The number of carbonyl (C=O) groups excluding carboxylic acids is 1. The van der Waals surface area contributed by atoms with E-state index < -0.39 is 5.91 Å². The van der Waals surface area contributed by atoms with Gasteiger partial charge in [0.05, 0.1) is 17.1 Å². The molecule has 14 heavy (non-hydrogen) atoms. The Morgan fingerprint density at radius 3 is 2.50 bits per heavy atom. The molecule has 1 heterocycles. The van der Waals surface area contributed by atoms with Gasteiger partial charge < -0.3 is 11.5 Å². The van der Waals surface area contributed by atoms with Crippen LogP contribution in [0.4, 0.5) is 5.69 Å². The van der Waals surface area contributed by atoms with Gasteiger partial charge in [-0.15, -0.1) is 0 Å². The van der Waals surface area contributed by atoms with E-state index in [4.69, 9.17) is 11.5 Å². The van der Waals surface area contributed by atoms with Crippen molar-refractivity contribution < 1.29 is 4.79 Å². The molecular weight excluding hydrogens is 180 g/mol. The van der Waals surface area contributed by atoms with Crippen molar-refractivity contribution in [2.45, 2.75) is 33.2 Å². The second-order valence-corrected chi connectivity index (χ2v) is 3.14. The van der Waals surface area contributed by atoms with Crippen LogP contribution in [0.2, 0.25) is 0 Å². The number of aryl methyl sites for hydroxylation is 1.